The molecule has 0 spiro atoms. The molecule has 0 aliphatic rings. The van der Waals surface area contributed by atoms with E-state index in [2.05, 4.69) is 26.1 Å². The molecule has 0 fully saturated rings. The van der Waals surface area contributed by atoms with Gasteiger partial charge in [-0.25, -0.2) is 4.79 Å². The molecule has 2 rings (SSSR count). The van der Waals surface area contributed by atoms with Crippen LogP contribution in [0.2, 0.25) is 10.0 Å². The lowest BCUT2D eigenvalue weighted by molar-refractivity contribution is 0.0689. The molecule has 0 amide bonds. The van der Waals surface area contributed by atoms with E-state index < -0.39 is 5.97 Å². The van der Waals surface area contributed by atoms with Gasteiger partial charge < -0.3 is 5.11 Å². The Morgan fingerprint density at radius 2 is 2.06 bits per heavy atom. The van der Waals surface area contributed by atoms with Gasteiger partial charge in [0.25, 0.3) is 0 Å². The van der Waals surface area contributed by atoms with Gasteiger partial charge in [-0.2, -0.15) is 5.10 Å². The lowest BCUT2D eigenvalue weighted by Gasteiger charge is -2.00. The smallest absolute Gasteiger partial charge is 0.355 e. The summed E-state index contributed by atoms with van der Waals surface area (Å²) in [4.78, 5) is 10.8. The van der Waals surface area contributed by atoms with Gasteiger partial charge >= 0.3 is 5.97 Å². The van der Waals surface area contributed by atoms with Crippen molar-refractivity contribution in [3.8, 4) is 11.3 Å². The van der Waals surface area contributed by atoms with Crippen molar-refractivity contribution in [3.05, 3.63) is 38.4 Å². The Morgan fingerprint density at radius 1 is 1.35 bits per heavy atom. The van der Waals surface area contributed by atoms with Gasteiger partial charge in [0.05, 0.1) is 14.5 Å². The Morgan fingerprint density at radius 3 is 2.59 bits per heavy atom. The zero-order valence-electron chi connectivity index (χ0n) is 8.17. The van der Waals surface area contributed by atoms with Gasteiger partial charge in [0, 0.05) is 5.56 Å². The van der Waals surface area contributed by atoms with Crippen LogP contribution in [0.3, 0.4) is 0 Å². The van der Waals surface area contributed by atoms with Gasteiger partial charge in [-0.15, -0.1) is 0 Å². The number of hydrogen-bond acceptors (Lipinski definition) is 2. The van der Waals surface area contributed by atoms with E-state index in [1.54, 1.807) is 18.2 Å². The molecule has 1 aromatic heterocycles. The van der Waals surface area contributed by atoms with E-state index in [4.69, 9.17) is 28.3 Å². The number of nitrogens with zero attached hydrogens (tertiary/aromatic N) is 1. The molecule has 0 aliphatic carbocycles. The molecule has 0 atom stereocenters. The van der Waals surface area contributed by atoms with Crippen LogP contribution in [0, 0.1) is 0 Å². The van der Waals surface area contributed by atoms with Crippen LogP contribution in [0.5, 0.6) is 0 Å². The zero-order valence-corrected chi connectivity index (χ0v) is 11.3. The maximum absolute atomic E-state index is 10.8. The van der Waals surface area contributed by atoms with E-state index in [1.807, 2.05) is 0 Å². The minimum Gasteiger partial charge on any atom is -0.476 e. The fourth-order valence-electron chi connectivity index (χ4n) is 1.30. The highest BCUT2D eigenvalue weighted by Crippen LogP contribution is 2.32. The fourth-order valence-corrected chi connectivity index (χ4v) is 2.18. The third-order valence-electron chi connectivity index (χ3n) is 2.11. The van der Waals surface area contributed by atoms with Crippen molar-refractivity contribution in [2.45, 2.75) is 0 Å². The fraction of sp³-hybridized carbons (Fsp3) is 0. The van der Waals surface area contributed by atoms with Gasteiger partial charge in [0.15, 0.2) is 5.69 Å². The van der Waals surface area contributed by atoms with Gasteiger partial charge in [0.1, 0.15) is 5.69 Å². The first kappa shape index (κ1) is 12.4. The molecule has 0 radical (unpaired) electrons. The average molecular weight is 336 g/mol. The second kappa shape index (κ2) is 4.68. The van der Waals surface area contributed by atoms with Crippen LogP contribution in [0.4, 0.5) is 0 Å². The summed E-state index contributed by atoms with van der Waals surface area (Å²) >= 11 is 14.9. The van der Waals surface area contributed by atoms with Crippen molar-refractivity contribution >= 4 is 45.1 Å². The quantitative estimate of drug-likeness (QED) is 0.876. The second-order valence-corrected chi connectivity index (χ2v) is 4.80. The third-order valence-corrected chi connectivity index (χ3v) is 3.62. The van der Waals surface area contributed by atoms with E-state index in [-0.39, 0.29) is 5.69 Å². The van der Waals surface area contributed by atoms with Crippen molar-refractivity contribution in [2.24, 2.45) is 0 Å². The van der Waals surface area contributed by atoms with Crippen molar-refractivity contribution in [1.29, 1.82) is 0 Å². The molecule has 7 heteroatoms. The molecule has 0 saturated carbocycles. The predicted molar refractivity (Wildman–Crippen MR) is 68.7 cm³/mol. The van der Waals surface area contributed by atoms with Crippen LogP contribution < -0.4 is 0 Å². The molecule has 0 bridgehead atoms. The summed E-state index contributed by atoms with van der Waals surface area (Å²) in [6.45, 7) is 0. The number of carboxylic acid groups (broad SMARTS) is 1. The maximum Gasteiger partial charge on any atom is 0.355 e. The Kier molecular flexibility index (Phi) is 3.42. The third kappa shape index (κ3) is 2.31. The first-order valence-corrected chi connectivity index (χ1v) is 5.98. The summed E-state index contributed by atoms with van der Waals surface area (Å²) in [7, 11) is 0. The maximum atomic E-state index is 10.8. The minimum atomic E-state index is -1.09. The summed E-state index contributed by atoms with van der Waals surface area (Å²) in [5.41, 5.74) is 1.14. The Hall–Kier alpha value is -1.04. The number of aromatic carboxylic acids is 1. The van der Waals surface area contributed by atoms with Crippen molar-refractivity contribution in [3.63, 3.8) is 0 Å². The number of hydrogen-bond donors (Lipinski definition) is 2. The first-order chi connectivity index (χ1) is 8.00. The molecule has 2 N–H and O–H groups in total. The van der Waals surface area contributed by atoms with Crippen LogP contribution in [-0.2, 0) is 0 Å². The van der Waals surface area contributed by atoms with Crippen molar-refractivity contribution in [2.75, 3.05) is 0 Å². The number of carbonyl (C=O) groups is 1. The van der Waals surface area contributed by atoms with E-state index in [0.717, 1.165) is 0 Å². The Balaban J connectivity index is 2.53. The van der Waals surface area contributed by atoms with Crippen LogP contribution in [0.25, 0.3) is 11.3 Å². The molecule has 4 nitrogen and oxygen atoms in total. The molecular formula is C10H5BrCl2N2O2. The van der Waals surface area contributed by atoms with Gasteiger partial charge in [0.2, 0.25) is 0 Å². The lowest BCUT2D eigenvalue weighted by atomic mass is 10.1. The second-order valence-electron chi connectivity index (χ2n) is 3.20. The summed E-state index contributed by atoms with van der Waals surface area (Å²) in [6, 6.07) is 4.96. The predicted octanol–water partition coefficient (Wildman–Crippen LogP) is 3.84. The lowest BCUT2D eigenvalue weighted by Crippen LogP contribution is -1.96. The molecule has 17 heavy (non-hydrogen) atoms. The highest BCUT2D eigenvalue weighted by molar-refractivity contribution is 9.10. The standard InChI is InChI=1S/C10H5BrCl2N2O2/c11-7-8(14-15-9(7)10(16)17)4-1-2-5(12)6(13)3-4/h1-3H,(H,14,15)(H,16,17). The number of H-pyrrole nitrogens is 1. The highest BCUT2D eigenvalue weighted by atomic mass is 79.9. The molecule has 0 saturated heterocycles. The number of halogens is 3. The highest BCUT2D eigenvalue weighted by Gasteiger charge is 2.17. The summed E-state index contributed by atoms with van der Waals surface area (Å²) in [6.07, 6.45) is 0. The first-order valence-electron chi connectivity index (χ1n) is 4.43. The minimum absolute atomic E-state index is 0.00827. The number of nitrogens with one attached hydrogen (secondary N) is 1. The van der Waals surface area contributed by atoms with E-state index in [1.165, 1.54) is 0 Å². The van der Waals surface area contributed by atoms with E-state index >= 15 is 0 Å². The van der Waals surface area contributed by atoms with Crippen LogP contribution in [0.1, 0.15) is 10.5 Å². The summed E-state index contributed by atoms with van der Waals surface area (Å²) in [5.74, 6) is -1.09. The zero-order chi connectivity index (χ0) is 12.6. The number of rotatable bonds is 2. The normalized spacial score (nSPS) is 10.5. The van der Waals surface area contributed by atoms with Crippen LogP contribution >= 0.6 is 39.1 Å². The number of benzene rings is 1. The van der Waals surface area contributed by atoms with Crippen LogP contribution in [0.15, 0.2) is 22.7 Å². The molecule has 2 aromatic rings. The SMILES string of the molecule is O=C(O)c1[nH]nc(-c2ccc(Cl)c(Cl)c2)c1Br. The number of carboxylic acids is 1. The van der Waals surface area contributed by atoms with E-state index in [0.29, 0.717) is 25.8 Å². The molecule has 88 valence electrons. The molecule has 0 aliphatic heterocycles. The van der Waals surface area contributed by atoms with Crippen LogP contribution in [-0.4, -0.2) is 21.3 Å². The Labute approximate surface area is 115 Å². The topological polar surface area (TPSA) is 66.0 Å². The molecule has 1 aromatic carbocycles. The number of aromatic nitrogens is 2. The van der Waals surface area contributed by atoms with Crippen molar-refractivity contribution < 1.29 is 9.90 Å². The van der Waals surface area contributed by atoms with Gasteiger partial charge in [-0.1, -0.05) is 29.3 Å². The Bertz CT molecular complexity index is 598. The van der Waals surface area contributed by atoms with Gasteiger partial charge in [-0.05, 0) is 28.1 Å². The molecular weight excluding hydrogens is 331 g/mol. The van der Waals surface area contributed by atoms with Gasteiger partial charge in [-0.3, -0.25) is 5.10 Å². The molecule has 1 heterocycles. The number of aromatic amines is 1. The summed E-state index contributed by atoms with van der Waals surface area (Å²) in [5, 5.41) is 16.0. The average Bonchev–Trinajstić information content (AvgIpc) is 2.64. The summed E-state index contributed by atoms with van der Waals surface area (Å²) < 4.78 is 0.378. The molecule has 0 unspecified atom stereocenters. The van der Waals surface area contributed by atoms with Crippen molar-refractivity contribution in [1.82, 2.24) is 10.2 Å². The monoisotopic (exact) mass is 334 g/mol. The largest absolute Gasteiger partial charge is 0.476 e. The van der Waals surface area contributed by atoms with E-state index in [9.17, 15) is 4.79 Å².